The van der Waals surface area contributed by atoms with Crippen LogP contribution in [-0.2, 0) is 18.6 Å². The van der Waals surface area contributed by atoms with E-state index in [9.17, 15) is 0 Å². The third-order valence-corrected chi connectivity index (χ3v) is 21.7. The van der Waals surface area contributed by atoms with Crippen molar-refractivity contribution in [2.75, 3.05) is 19.6 Å². The largest absolute Gasteiger partial charge is 0.494 e. The Bertz CT molecular complexity index is 4920. The zero-order valence-electron chi connectivity index (χ0n) is 59.6. The van der Waals surface area contributed by atoms with E-state index in [0.717, 1.165) is 132 Å². The molecule has 2 aliphatic rings. The highest BCUT2D eigenvalue weighted by Crippen LogP contribution is 2.46. The van der Waals surface area contributed by atoms with Crippen LogP contribution in [0.1, 0.15) is 77.6 Å². The van der Waals surface area contributed by atoms with Crippen LogP contribution in [0.4, 0.5) is 68.2 Å². The minimum atomic E-state index is -0.433. The summed E-state index contributed by atoms with van der Waals surface area (Å²) in [5.41, 5.74) is 21.3. The van der Waals surface area contributed by atoms with Gasteiger partial charge in [-0.3, -0.25) is 0 Å². The van der Waals surface area contributed by atoms with Gasteiger partial charge < -0.3 is 47.1 Å². The van der Waals surface area contributed by atoms with Crippen LogP contribution in [0.25, 0.3) is 43.9 Å². The fourth-order valence-corrected chi connectivity index (χ4v) is 13.9. The first-order chi connectivity index (χ1) is 48.9. The van der Waals surface area contributed by atoms with E-state index < -0.39 is 36.6 Å². The van der Waals surface area contributed by atoms with E-state index >= 15 is 0 Å². The molecular formula is C88H80B2Br2N4O6. The van der Waals surface area contributed by atoms with Crippen LogP contribution in [0.5, 0.6) is 0 Å². The van der Waals surface area contributed by atoms with Gasteiger partial charge in [-0.05, 0) is 288 Å². The van der Waals surface area contributed by atoms with Gasteiger partial charge in [0.05, 0.1) is 22.4 Å². The first-order valence-electron chi connectivity index (χ1n) is 34.7. The lowest BCUT2D eigenvalue weighted by molar-refractivity contribution is 0.00578. The molecule has 16 rings (SSSR count). The number of furan rings is 2. The quantitative estimate of drug-likeness (QED) is 0.0983. The minimum Gasteiger partial charge on any atom is -0.456 e. The van der Waals surface area contributed by atoms with Crippen LogP contribution in [0.2, 0.25) is 0 Å². The number of halogens is 2. The Labute approximate surface area is 615 Å². The fourth-order valence-electron chi connectivity index (χ4n) is 13.3. The molecule has 14 aromatic rings. The molecular weight excluding hydrogens is 1390 g/mol. The predicted molar refractivity (Wildman–Crippen MR) is 432 cm³/mol. The zero-order valence-corrected chi connectivity index (χ0v) is 62.7. The predicted octanol–water partition coefficient (Wildman–Crippen LogP) is 24.4. The molecule has 2 saturated heterocycles. The maximum Gasteiger partial charge on any atom is 0.494 e. The molecule has 0 aliphatic carbocycles. The van der Waals surface area contributed by atoms with E-state index in [1.165, 1.54) is 22.3 Å². The van der Waals surface area contributed by atoms with Crippen molar-refractivity contribution in [1.29, 1.82) is 0 Å². The number of hydrogen-bond acceptors (Lipinski definition) is 10. The molecule has 0 radical (unpaired) electrons. The minimum absolute atomic E-state index is 0.413. The van der Waals surface area contributed by atoms with Crippen LogP contribution in [0, 0.1) is 27.7 Å². The van der Waals surface area contributed by atoms with Gasteiger partial charge in [0.25, 0.3) is 0 Å². The van der Waals surface area contributed by atoms with Gasteiger partial charge in [-0.15, -0.1) is 0 Å². The molecule has 0 spiro atoms. The Kier molecular flexibility index (Phi) is 18.0. The van der Waals surface area contributed by atoms with Crippen LogP contribution < -0.4 is 30.5 Å². The molecule has 0 unspecified atom stereocenters. The molecule has 14 heteroatoms. The van der Waals surface area contributed by atoms with Gasteiger partial charge in [0.2, 0.25) is 0 Å². The molecule has 2 aliphatic heterocycles. The number of nitrogens with zero attached hydrogens (tertiary/aromatic N) is 4. The monoisotopic (exact) mass is 1470 g/mol. The second kappa shape index (κ2) is 27.0. The summed E-state index contributed by atoms with van der Waals surface area (Å²) < 4.78 is 40.5. The SMILES string of the molecule is Cc1ccc(N(c2ccc(B3OC(C)(C)C(C)(C)O3)cc2)c2ccc3oc4ccc(N(c5ccc(C)cc5)c5ccc(B6OC(C)(C)C(C)(C)O6)cc5)cc4c3c2)cc1.Cc1ccc(N(c2ccc(Br)cc2)c2ccc3oc4ccc(N(c5ccc(C)cc5)c5ccc(Br)cc5)cc4c3c2)cc1. The summed E-state index contributed by atoms with van der Waals surface area (Å²) in [4.78, 5) is 9.15. The fraction of sp³-hybridized carbons (Fsp3) is 0.182. The van der Waals surface area contributed by atoms with E-state index in [0.29, 0.717) is 0 Å². The summed E-state index contributed by atoms with van der Waals surface area (Å²) in [7, 11) is -0.866. The summed E-state index contributed by atoms with van der Waals surface area (Å²) in [6.07, 6.45) is 0. The van der Waals surface area contributed by atoms with Gasteiger partial charge in [0, 0.05) is 98.7 Å². The molecule has 12 aromatic carbocycles. The Morgan fingerprint density at radius 3 is 0.618 bits per heavy atom. The van der Waals surface area contributed by atoms with Crippen LogP contribution in [0.3, 0.4) is 0 Å². The molecule has 4 heterocycles. The van der Waals surface area contributed by atoms with Crippen molar-refractivity contribution in [1.82, 2.24) is 0 Å². The van der Waals surface area contributed by atoms with Crippen LogP contribution in [-0.4, -0.2) is 36.6 Å². The lowest BCUT2D eigenvalue weighted by Crippen LogP contribution is -2.41. The van der Waals surface area contributed by atoms with Crippen molar-refractivity contribution in [2.45, 2.75) is 105 Å². The number of fused-ring (bicyclic) bond motifs is 6. The highest BCUT2D eigenvalue weighted by molar-refractivity contribution is 9.10. The molecule has 10 nitrogen and oxygen atoms in total. The Morgan fingerprint density at radius 2 is 0.412 bits per heavy atom. The second-order valence-electron chi connectivity index (χ2n) is 28.9. The Morgan fingerprint density at radius 1 is 0.235 bits per heavy atom. The number of benzene rings is 12. The van der Waals surface area contributed by atoms with Gasteiger partial charge in [0.15, 0.2) is 0 Å². The van der Waals surface area contributed by atoms with E-state index in [4.69, 9.17) is 27.5 Å². The number of hydrogen-bond donors (Lipinski definition) is 0. The maximum absolute atomic E-state index is 6.50. The molecule has 102 heavy (non-hydrogen) atoms. The highest BCUT2D eigenvalue weighted by Gasteiger charge is 2.53. The van der Waals surface area contributed by atoms with Crippen LogP contribution >= 0.6 is 31.9 Å². The number of aryl methyl sites for hydroxylation is 4. The molecule has 508 valence electrons. The summed E-state index contributed by atoms with van der Waals surface area (Å²) in [5.74, 6) is 0. The molecule has 0 saturated carbocycles. The van der Waals surface area contributed by atoms with Crippen molar-refractivity contribution in [3.63, 3.8) is 0 Å². The topological polar surface area (TPSA) is 76.2 Å². The average Bonchev–Trinajstić information content (AvgIpc) is 1.57. The average molecular weight is 1470 g/mol. The van der Waals surface area contributed by atoms with Gasteiger partial charge in [-0.1, -0.05) is 127 Å². The summed E-state index contributed by atoms with van der Waals surface area (Å²) >= 11 is 7.19. The second-order valence-corrected chi connectivity index (χ2v) is 30.8. The highest BCUT2D eigenvalue weighted by atomic mass is 79.9. The molecule has 0 bridgehead atoms. The van der Waals surface area contributed by atoms with E-state index in [1.807, 2.05) is 0 Å². The molecule has 0 N–H and O–H groups in total. The van der Waals surface area contributed by atoms with Gasteiger partial charge >= 0.3 is 14.2 Å². The summed E-state index contributed by atoms with van der Waals surface area (Å²) in [5, 5.41) is 4.21. The van der Waals surface area contributed by atoms with E-state index in [1.54, 1.807) is 0 Å². The van der Waals surface area contributed by atoms with Gasteiger partial charge in [0.1, 0.15) is 22.3 Å². The van der Waals surface area contributed by atoms with Crippen molar-refractivity contribution < 1.29 is 27.5 Å². The zero-order chi connectivity index (χ0) is 71.0. The summed E-state index contributed by atoms with van der Waals surface area (Å²) in [6.45, 7) is 25.1. The third-order valence-electron chi connectivity index (χ3n) is 20.6. The molecule has 2 fully saturated rings. The molecule has 0 amide bonds. The van der Waals surface area contributed by atoms with Crippen molar-refractivity contribution in [3.05, 3.63) is 298 Å². The first-order valence-corrected chi connectivity index (χ1v) is 36.3. The van der Waals surface area contributed by atoms with Gasteiger partial charge in [-0.2, -0.15) is 0 Å². The standard InChI is InChI=1S/C50H52B2N2O5.C38H28Br2N2O/c1-33-11-19-37(20-12-33)53(39-23-15-35(16-24-39)51-56-47(3,4)48(5,6)57-51)41-27-29-45-43(31-41)44-32-42(28-30-46(44)55-45)54(38-21-13-34(2)14-22-38)40-25-17-36(18-26-40)52-58-49(7,8)50(9,10)59-52;1-25-3-11-29(12-4-25)41(31-15-7-27(39)8-16-31)33-19-21-37-35(23-33)36-24-34(20-22-38(36)43-37)42(30-13-5-26(2)6-14-30)32-17-9-28(40)10-18-32/h11-32H,1-10H3;3-24H,1-2H3. The third kappa shape index (κ3) is 13.4. The number of rotatable bonds is 14. The van der Waals surface area contributed by atoms with Crippen molar-refractivity contribution >= 4 is 169 Å². The lowest BCUT2D eigenvalue weighted by Gasteiger charge is -2.32. The van der Waals surface area contributed by atoms with Crippen molar-refractivity contribution in [2.24, 2.45) is 0 Å². The number of anilines is 12. The normalized spacial score (nSPS) is 15.1. The lowest BCUT2D eigenvalue weighted by atomic mass is 9.79. The Balaban J connectivity index is 0.000000173. The maximum atomic E-state index is 6.50. The Hall–Kier alpha value is -9.63. The first kappa shape index (κ1) is 68.2. The van der Waals surface area contributed by atoms with Crippen molar-refractivity contribution in [3.8, 4) is 0 Å². The van der Waals surface area contributed by atoms with E-state index in [-0.39, 0.29) is 0 Å². The van der Waals surface area contributed by atoms with Gasteiger partial charge in [-0.25, -0.2) is 0 Å². The smallest absolute Gasteiger partial charge is 0.456 e. The molecule has 0 atom stereocenters. The summed E-state index contributed by atoms with van der Waals surface area (Å²) in [6, 6.07) is 94.3. The van der Waals surface area contributed by atoms with Crippen LogP contribution in [0.15, 0.2) is 285 Å². The van der Waals surface area contributed by atoms with E-state index in [2.05, 4.69) is 401 Å². The molecule has 2 aromatic heterocycles.